The monoisotopic (exact) mass is 237 g/mol. The molecule has 0 amide bonds. The standard InChI is InChI=1S/C12H15NO4/c1-17-10-5-9(14)7(4-8(10)11(15)16)6-12(13)2-3-12/h4-5,14H,2-3,6,13H2,1H3,(H,15,16). The van der Waals surface area contributed by atoms with E-state index in [1.54, 1.807) is 0 Å². The molecular formula is C12H15NO4. The Balaban J connectivity index is 2.38. The van der Waals surface area contributed by atoms with Gasteiger partial charge in [-0.25, -0.2) is 4.79 Å². The van der Waals surface area contributed by atoms with Crippen LogP contribution in [0.3, 0.4) is 0 Å². The summed E-state index contributed by atoms with van der Waals surface area (Å²) in [6.07, 6.45) is 2.30. The molecule has 0 spiro atoms. The number of phenolic OH excluding ortho intramolecular Hbond substituents is 1. The second-order valence-corrected chi connectivity index (χ2v) is 4.53. The second kappa shape index (κ2) is 3.92. The molecule has 0 saturated heterocycles. The molecule has 2 rings (SSSR count). The highest BCUT2D eigenvalue weighted by atomic mass is 16.5. The number of methoxy groups -OCH3 is 1. The average Bonchev–Trinajstić information content (AvgIpc) is 2.98. The summed E-state index contributed by atoms with van der Waals surface area (Å²) in [4.78, 5) is 11.0. The molecule has 0 radical (unpaired) electrons. The predicted octanol–water partition coefficient (Wildman–Crippen LogP) is 1.13. The number of nitrogens with two attached hydrogens (primary N) is 1. The minimum atomic E-state index is -1.08. The lowest BCUT2D eigenvalue weighted by molar-refractivity contribution is 0.0693. The van der Waals surface area contributed by atoms with Crippen molar-refractivity contribution in [1.82, 2.24) is 0 Å². The summed E-state index contributed by atoms with van der Waals surface area (Å²) >= 11 is 0. The molecule has 0 bridgehead atoms. The van der Waals surface area contributed by atoms with E-state index >= 15 is 0 Å². The number of aromatic hydroxyl groups is 1. The molecule has 0 unspecified atom stereocenters. The van der Waals surface area contributed by atoms with Crippen molar-refractivity contribution in [1.29, 1.82) is 0 Å². The number of benzene rings is 1. The third kappa shape index (κ3) is 2.34. The Hall–Kier alpha value is -1.75. The summed E-state index contributed by atoms with van der Waals surface area (Å²) in [5, 5.41) is 18.8. The highest BCUT2D eigenvalue weighted by Crippen LogP contribution is 2.39. The van der Waals surface area contributed by atoms with Gasteiger partial charge in [0.05, 0.1) is 7.11 Å². The fraction of sp³-hybridized carbons (Fsp3) is 0.417. The molecule has 1 aromatic carbocycles. The van der Waals surface area contributed by atoms with Crippen molar-refractivity contribution in [2.24, 2.45) is 5.73 Å². The van der Waals surface area contributed by atoms with Gasteiger partial charge in [-0.3, -0.25) is 0 Å². The van der Waals surface area contributed by atoms with Gasteiger partial charge in [-0.15, -0.1) is 0 Å². The molecule has 5 nitrogen and oxygen atoms in total. The first-order valence-corrected chi connectivity index (χ1v) is 5.37. The van der Waals surface area contributed by atoms with Crippen molar-refractivity contribution in [3.05, 3.63) is 23.3 Å². The molecule has 1 aliphatic carbocycles. The summed E-state index contributed by atoms with van der Waals surface area (Å²) < 4.78 is 4.92. The van der Waals surface area contributed by atoms with Crippen LogP contribution >= 0.6 is 0 Å². The Kier molecular flexibility index (Phi) is 2.71. The third-order valence-electron chi connectivity index (χ3n) is 3.07. The first-order valence-electron chi connectivity index (χ1n) is 5.37. The van der Waals surface area contributed by atoms with Gasteiger partial charge in [-0.05, 0) is 30.9 Å². The van der Waals surface area contributed by atoms with E-state index in [4.69, 9.17) is 15.6 Å². The molecule has 5 heteroatoms. The van der Waals surface area contributed by atoms with E-state index in [-0.39, 0.29) is 22.6 Å². The van der Waals surface area contributed by atoms with E-state index in [0.717, 1.165) is 12.8 Å². The van der Waals surface area contributed by atoms with Crippen molar-refractivity contribution in [3.63, 3.8) is 0 Å². The van der Waals surface area contributed by atoms with Gasteiger partial charge in [0.2, 0.25) is 0 Å². The van der Waals surface area contributed by atoms with Crippen molar-refractivity contribution in [2.75, 3.05) is 7.11 Å². The molecule has 1 aromatic rings. The molecule has 0 atom stereocenters. The smallest absolute Gasteiger partial charge is 0.339 e. The number of rotatable bonds is 4. The van der Waals surface area contributed by atoms with Gasteiger partial charge < -0.3 is 20.7 Å². The SMILES string of the molecule is COc1cc(O)c(CC2(N)CC2)cc1C(=O)O. The Morgan fingerprint density at radius 2 is 2.18 bits per heavy atom. The van der Waals surface area contributed by atoms with E-state index in [0.29, 0.717) is 12.0 Å². The average molecular weight is 237 g/mol. The lowest BCUT2D eigenvalue weighted by atomic mass is 10.0. The van der Waals surface area contributed by atoms with E-state index in [1.165, 1.54) is 19.2 Å². The topological polar surface area (TPSA) is 92.8 Å². The molecule has 0 heterocycles. The predicted molar refractivity (Wildman–Crippen MR) is 61.5 cm³/mol. The first kappa shape index (κ1) is 11.7. The van der Waals surface area contributed by atoms with E-state index in [2.05, 4.69) is 0 Å². The largest absolute Gasteiger partial charge is 0.508 e. The van der Waals surface area contributed by atoms with Crippen LogP contribution in [-0.4, -0.2) is 28.8 Å². The van der Waals surface area contributed by atoms with E-state index in [9.17, 15) is 9.90 Å². The molecule has 0 aliphatic heterocycles. The van der Waals surface area contributed by atoms with Crippen molar-refractivity contribution in [2.45, 2.75) is 24.8 Å². The first-order chi connectivity index (χ1) is 7.95. The summed E-state index contributed by atoms with van der Waals surface area (Å²) in [5.74, 6) is -0.894. The van der Waals surface area contributed by atoms with Gasteiger partial charge >= 0.3 is 5.97 Å². The highest BCUT2D eigenvalue weighted by molar-refractivity contribution is 5.91. The minimum absolute atomic E-state index is 0.0311. The van der Waals surface area contributed by atoms with Gasteiger partial charge in [-0.1, -0.05) is 0 Å². The highest BCUT2D eigenvalue weighted by Gasteiger charge is 2.39. The van der Waals surface area contributed by atoms with Crippen LogP contribution in [0.15, 0.2) is 12.1 Å². The zero-order chi connectivity index (χ0) is 12.6. The van der Waals surface area contributed by atoms with E-state index in [1.807, 2.05) is 0 Å². The maximum absolute atomic E-state index is 11.0. The zero-order valence-electron chi connectivity index (χ0n) is 9.56. The van der Waals surface area contributed by atoms with Crippen molar-refractivity contribution >= 4 is 5.97 Å². The normalized spacial score (nSPS) is 16.6. The van der Waals surface area contributed by atoms with Crippen LogP contribution in [0.2, 0.25) is 0 Å². The van der Waals surface area contributed by atoms with Gasteiger partial charge in [0.25, 0.3) is 0 Å². The fourth-order valence-electron chi connectivity index (χ4n) is 1.81. The van der Waals surface area contributed by atoms with Crippen LogP contribution in [0.4, 0.5) is 0 Å². The van der Waals surface area contributed by atoms with Crippen LogP contribution in [0.1, 0.15) is 28.8 Å². The number of phenols is 1. The zero-order valence-corrected chi connectivity index (χ0v) is 9.56. The summed E-state index contributed by atoms with van der Waals surface area (Å²) in [7, 11) is 1.37. The van der Waals surface area contributed by atoms with Crippen LogP contribution in [0.25, 0.3) is 0 Å². The van der Waals surface area contributed by atoms with Gasteiger partial charge in [0, 0.05) is 11.6 Å². The van der Waals surface area contributed by atoms with Crippen LogP contribution in [-0.2, 0) is 6.42 Å². The third-order valence-corrected chi connectivity index (χ3v) is 3.07. The molecule has 92 valence electrons. The quantitative estimate of drug-likeness (QED) is 0.730. The molecule has 1 aliphatic rings. The van der Waals surface area contributed by atoms with Crippen LogP contribution in [0, 0.1) is 0 Å². The molecule has 0 aromatic heterocycles. The summed E-state index contributed by atoms with van der Waals surface area (Å²) in [6, 6.07) is 2.76. The van der Waals surface area contributed by atoms with Crippen molar-refractivity contribution < 1.29 is 19.7 Å². The van der Waals surface area contributed by atoms with Gasteiger partial charge in [0.15, 0.2) is 0 Å². The molecule has 17 heavy (non-hydrogen) atoms. The number of ether oxygens (including phenoxy) is 1. The second-order valence-electron chi connectivity index (χ2n) is 4.53. The molecule has 4 N–H and O–H groups in total. The number of carboxylic acids is 1. The fourth-order valence-corrected chi connectivity index (χ4v) is 1.81. The minimum Gasteiger partial charge on any atom is -0.508 e. The maximum Gasteiger partial charge on any atom is 0.339 e. The Bertz CT molecular complexity index is 466. The Morgan fingerprint density at radius 3 is 2.65 bits per heavy atom. The van der Waals surface area contributed by atoms with Crippen LogP contribution in [0.5, 0.6) is 11.5 Å². The number of hydrogen-bond donors (Lipinski definition) is 3. The van der Waals surface area contributed by atoms with Gasteiger partial charge in [-0.2, -0.15) is 0 Å². The summed E-state index contributed by atoms with van der Waals surface area (Å²) in [5.41, 5.74) is 6.28. The molecule has 1 fully saturated rings. The van der Waals surface area contributed by atoms with Crippen molar-refractivity contribution in [3.8, 4) is 11.5 Å². The number of hydrogen-bond acceptors (Lipinski definition) is 4. The molecular weight excluding hydrogens is 222 g/mol. The summed E-state index contributed by atoms with van der Waals surface area (Å²) in [6.45, 7) is 0. The van der Waals surface area contributed by atoms with E-state index < -0.39 is 5.97 Å². The Labute approximate surface area is 98.8 Å². The lowest BCUT2D eigenvalue weighted by Gasteiger charge is -2.13. The number of carbonyl (C=O) groups is 1. The Morgan fingerprint density at radius 1 is 1.53 bits per heavy atom. The van der Waals surface area contributed by atoms with Crippen LogP contribution < -0.4 is 10.5 Å². The number of aromatic carboxylic acids is 1. The lowest BCUT2D eigenvalue weighted by Crippen LogP contribution is -2.24. The van der Waals surface area contributed by atoms with Gasteiger partial charge in [0.1, 0.15) is 17.1 Å². The number of carboxylic acid groups (broad SMARTS) is 1. The maximum atomic E-state index is 11.0. The molecule has 1 saturated carbocycles.